The van der Waals surface area contributed by atoms with Gasteiger partial charge in [-0.15, -0.1) is 0 Å². The van der Waals surface area contributed by atoms with Crippen molar-refractivity contribution < 1.29 is 22.5 Å². The number of ketones is 2. The lowest BCUT2D eigenvalue weighted by Crippen LogP contribution is -2.21. The van der Waals surface area contributed by atoms with Gasteiger partial charge in [-0.1, -0.05) is 65.5 Å². The summed E-state index contributed by atoms with van der Waals surface area (Å²) in [6.07, 6.45) is 0.969. The Morgan fingerprint density at radius 1 is 1.11 bits per heavy atom. The van der Waals surface area contributed by atoms with E-state index >= 15 is 0 Å². The highest BCUT2D eigenvalue weighted by molar-refractivity contribution is 7.90. The Morgan fingerprint density at radius 3 is 1.96 bits per heavy atom. The zero-order valence-corrected chi connectivity index (χ0v) is 17.3. The van der Waals surface area contributed by atoms with Gasteiger partial charge in [-0.2, -0.15) is 0 Å². The molecule has 1 unspecified atom stereocenters. The third kappa shape index (κ3) is 15.3. The zero-order valence-electron chi connectivity index (χ0n) is 16.4. The van der Waals surface area contributed by atoms with Crippen molar-refractivity contribution in [3.63, 3.8) is 0 Å². The number of hydrogen-bond acceptors (Lipinski definition) is 4. The van der Waals surface area contributed by atoms with Crippen LogP contribution in [0.4, 0.5) is 0 Å². The van der Waals surface area contributed by atoms with Gasteiger partial charge in [-0.3, -0.25) is 18.3 Å². The first kappa shape index (κ1) is 27.7. The van der Waals surface area contributed by atoms with E-state index in [1.54, 1.807) is 6.92 Å². The third-order valence-corrected chi connectivity index (χ3v) is 4.31. The number of benzene rings is 1. The average molecular weight is 401 g/mol. The van der Waals surface area contributed by atoms with Crippen molar-refractivity contribution in [2.45, 2.75) is 54.9 Å². The van der Waals surface area contributed by atoms with Gasteiger partial charge in [0.1, 0.15) is 11.6 Å². The van der Waals surface area contributed by atoms with Gasteiger partial charge in [-0.25, -0.2) is 4.21 Å². The van der Waals surface area contributed by atoms with Crippen molar-refractivity contribution >= 4 is 27.5 Å². The summed E-state index contributed by atoms with van der Waals surface area (Å²) in [4.78, 5) is 22.0. The van der Waals surface area contributed by atoms with Crippen LogP contribution < -0.4 is 0 Å². The van der Waals surface area contributed by atoms with E-state index in [-0.39, 0.29) is 43.4 Å². The predicted molar refractivity (Wildman–Crippen MR) is 114 cm³/mol. The van der Waals surface area contributed by atoms with Gasteiger partial charge in [0, 0.05) is 24.1 Å². The van der Waals surface area contributed by atoms with Gasteiger partial charge in [0.2, 0.25) is 0 Å². The molecule has 0 spiro atoms. The number of carbonyl (C=O) groups is 2. The molecule has 2 atom stereocenters. The summed E-state index contributed by atoms with van der Waals surface area (Å²) in [7, 11) is -3.48. The van der Waals surface area contributed by atoms with Crippen molar-refractivity contribution in [2.24, 2.45) is 17.8 Å². The Kier molecular flexibility index (Phi) is 14.0. The number of rotatable bonds is 9. The predicted octanol–water partition coefficient (Wildman–Crippen LogP) is 4.45. The Balaban J connectivity index is 0. The van der Waals surface area contributed by atoms with Gasteiger partial charge in [0.15, 0.2) is 10.1 Å². The fourth-order valence-electron chi connectivity index (χ4n) is 1.86. The van der Waals surface area contributed by atoms with E-state index in [4.69, 9.17) is 8.74 Å². The summed E-state index contributed by atoms with van der Waals surface area (Å²) in [6.45, 7) is 9.13. The molecule has 0 heterocycles. The molecule has 1 aromatic rings. The van der Waals surface area contributed by atoms with E-state index in [9.17, 15) is 13.8 Å². The first-order valence-electron chi connectivity index (χ1n) is 8.73. The van der Waals surface area contributed by atoms with Crippen molar-refractivity contribution in [3.8, 4) is 0 Å². The van der Waals surface area contributed by atoms with Gasteiger partial charge in [-0.05, 0) is 24.8 Å². The van der Waals surface area contributed by atoms with Gasteiger partial charge >= 0.3 is 0 Å². The maximum Gasteiger partial charge on any atom is 0.195 e. The molecular weight excluding hydrogens is 364 g/mol. The molecule has 6 heteroatoms. The van der Waals surface area contributed by atoms with Crippen molar-refractivity contribution in [2.75, 3.05) is 6.61 Å². The van der Waals surface area contributed by atoms with Crippen LogP contribution in [0, 0.1) is 17.8 Å². The molecule has 1 rings (SSSR count). The summed E-state index contributed by atoms with van der Waals surface area (Å²) < 4.78 is 25.1. The van der Waals surface area contributed by atoms with Gasteiger partial charge < -0.3 is 0 Å². The van der Waals surface area contributed by atoms with Crippen LogP contribution in [0.1, 0.15) is 54.0 Å². The molecule has 5 nitrogen and oxygen atoms in total. The largest absolute Gasteiger partial charge is 0.300 e. The average Bonchev–Trinajstić information content (AvgIpc) is 2.53. The molecule has 27 heavy (non-hydrogen) atoms. The Labute approximate surface area is 165 Å². The summed E-state index contributed by atoms with van der Waals surface area (Å²) in [5.41, 5.74) is 1.08. The summed E-state index contributed by atoms with van der Waals surface area (Å²) in [5.74, 6) is 3.47. The molecule has 0 aliphatic rings. The molecular formula is C21H36O5S. The minimum atomic E-state index is -3.48. The van der Waals surface area contributed by atoms with E-state index in [0.717, 1.165) is 5.56 Å². The summed E-state index contributed by atoms with van der Waals surface area (Å²) >= 11 is 0. The molecule has 0 aliphatic heterocycles. The summed E-state index contributed by atoms with van der Waals surface area (Å²) in [5, 5.41) is 0. The van der Waals surface area contributed by atoms with Gasteiger partial charge in [0.25, 0.3) is 0 Å². The Morgan fingerprint density at radius 2 is 1.59 bits per heavy atom. The van der Waals surface area contributed by atoms with Crippen LogP contribution in [0.15, 0.2) is 30.3 Å². The summed E-state index contributed by atoms with van der Waals surface area (Å²) in [6, 6.07) is 9.70. The van der Waals surface area contributed by atoms with Crippen LogP contribution >= 0.6 is 0 Å². The second-order valence-electron chi connectivity index (χ2n) is 7.01. The van der Waals surface area contributed by atoms with Crippen LogP contribution in [0.2, 0.25) is 0 Å². The minimum absolute atomic E-state index is 0. The second kappa shape index (κ2) is 13.6. The lowest BCUT2D eigenvalue weighted by molar-refractivity contribution is -0.123. The number of hydrogen-bond donors (Lipinski definition) is 1. The molecule has 1 aromatic carbocycles. The number of Topliss-reactive ketones (excluding diaryl/α,β-unsaturated/α-hetero) is 2. The molecule has 1 N–H and O–H groups in total. The van der Waals surface area contributed by atoms with E-state index < -0.39 is 10.1 Å². The zero-order chi connectivity index (χ0) is 20.3. The maximum absolute atomic E-state index is 11.9. The van der Waals surface area contributed by atoms with E-state index in [2.05, 4.69) is 5.87 Å². The Bertz CT molecular complexity index is 648. The molecule has 0 aromatic heterocycles. The van der Waals surface area contributed by atoms with Crippen LogP contribution in [-0.4, -0.2) is 32.8 Å². The molecule has 0 saturated heterocycles. The molecule has 0 bridgehead atoms. The molecule has 0 fully saturated rings. The first-order chi connectivity index (χ1) is 11.9. The Hall–Kier alpha value is -1.50. The lowest BCUT2D eigenvalue weighted by atomic mass is 9.92. The van der Waals surface area contributed by atoms with E-state index in [0.29, 0.717) is 12.8 Å². The van der Waals surface area contributed by atoms with Gasteiger partial charge in [0.05, 0.1) is 6.61 Å². The van der Waals surface area contributed by atoms with Crippen LogP contribution in [-0.2, 0) is 30.3 Å². The smallest absolute Gasteiger partial charge is 0.195 e. The molecule has 0 radical (unpaired) electrons. The SMILES string of the molecule is C.C=S(=O)(O)OC[C@@H](CC(=O)C(C)C)Cc1ccccc1.CC(=O)C(C)C. The normalized spacial score (nSPS) is 13.8. The molecule has 0 aliphatic carbocycles. The molecule has 156 valence electrons. The van der Waals surface area contributed by atoms with E-state index in [1.165, 1.54) is 0 Å². The first-order valence-corrected chi connectivity index (χ1v) is 10.3. The van der Waals surface area contributed by atoms with Crippen LogP contribution in [0.3, 0.4) is 0 Å². The van der Waals surface area contributed by atoms with Crippen molar-refractivity contribution in [1.82, 2.24) is 0 Å². The van der Waals surface area contributed by atoms with Crippen LogP contribution in [0.25, 0.3) is 0 Å². The minimum Gasteiger partial charge on any atom is -0.300 e. The lowest BCUT2D eigenvalue weighted by Gasteiger charge is -2.17. The third-order valence-electron chi connectivity index (χ3n) is 3.80. The second-order valence-corrected chi connectivity index (χ2v) is 8.41. The van der Waals surface area contributed by atoms with Crippen molar-refractivity contribution in [1.29, 1.82) is 0 Å². The van der Waals surface area contributed by atoms with Crippen molar-refractivity contribution in [3.05, 3.63) is 35.9 Å². The standard InChI is InChI=1S/C15H22O4S.C5H10O.CH4/c1-12(2)15(16)10-14(11-19-20(3,17)18)9-13-7-5-4-6-8-13;1-4(2)5(3)6;/h4-8,12,14H,3,9-11H2,1-2H3,(H,17,18);4H,1-3H3;1H4/t14-;;/m1../s1. The number of carbonyl (C=O) groups excluding carboxylic acids is 2. The fraction of sp³-hybridized carbons (Fsp3) is 0.571. The van der Waals surface area contributed by atoms with E-state index in [1.807, 2.05) is 58.0 Å². The molecule has 0 amide bonds. The highest BCUT2D eigenvalue weighted by atomic mass is 32.2. The highest BCUT2D eigenvalue weighted by Gasteiger charge is 2.18. The topological polar surface area (TPSA) is 80.7 Å². The quantitative estimate of drug-likeness (QED) is 0.619. The fourth-order valence-corrected chi connectivity index (χ4v) is 2.27. The molecule has 0 saturated carbocycles. The monoisotopic (exact) mass is 400 g/mol. The highest BCUT2D eigenvalue weighted by Crippen LogP contribution is 2.16. The van der Waals surface area contributed by atoms with Crippen LogP contribution in [0.5, 0.6) is 0 Å². The maximum atomic E-state index is 11.9.